The summed E-state index contributed by atoms with van der Waals surface area (Å²) in [6.45, 7) is 0. The van der Waals surface area contributed by atoms with Crippen molar-refractivity contribution < 1.29 is 36.3 Å². The largest absolute Gasteiger partial charge is 2.00 e. The first kappa shape index (κ1) is 29.0. The van der Waals surface area contributed by atoms with Crippen LogP contribution in [0.5, 0.6) is 0 Å². The first-order valence-corrected chi connectivity index (χ1v) is 11.2. The number of aromatic amines is 3. The summed E-state index contributed by atoms with van der Waals surface area (Å²) in [7, 11) is 0. The van der Waals surface area contributed by atoms with E-state index in [0.717, 1.165) is 45.2 Å². The van der Waals surface area contributed by atoms with Gasteiger partial charge in [0.05, 0.1) is 39.9 Å². The Bertz CT molecular complexity index is 1540. The molecule has 0 bridgehead atoms. The van der Waals surface area contributed by atoms with Gasteiger partial charge in [-0.05, 0) is 48.5 Å². The van der Waals surface area contributed by atoms with Crippen LogP contribution in [0, 0.1) is 0 Å². The average molecular weight is 581 g/mol. The molecule has 15 heteroatoms. The standard InChI is InChI=1S/C7H5NO4.3C6H5N3.Ni/c9-6(10)4-2-1-3-5(8-4)7(11)12;3*1-2-4-6-5(3-1)7-9-8-6;/h1-3H,(H,9,10)(H,11,12);3*1-4H,(H,7,8,9);/q;;;;+2/p-2. The number of aromatic nitrogens is 10. The van der Waals surface area contributed by atoms with Crippen LogP contribution in [-0.2, 0) is 16.5 Å². The fraction of sp³-hybridized carbons (Fsp3) is 0. The zero-order valence-electron chi connectivity index (χ0n) is 20.2. The van der Waals surface area contributed by atoms with Gasteiger partial charge in [-0.25, -0.2) is 4.98 Å². The summed E-state index contributed by atoms with van der Waals surface area (Å²) in [5, 5.41) is 51.0. The molecule has 7 rings (SSSR count). The van der Waals surface area contributed by atoms with Gasteiger partial charge < -0.3 is 19.8 Å². The Hall–Kier alpha value is -5.56. The second-order valence-electron chi connectivity index (χ2n) is 7.47. The molecule has 0 spiro atoms. The molecule has 0 fully saturated rings. The van der Waals surface area contributed by atoms with Crippen LogP contribution in [0.25, 0.3) is 33.1 Å². The first-order chi connectivity index (χ1) is 19.0. The van der Waals surface area contributed by atoms with Gasteiger partial charge in [-0.3, -0.25) is 15.3 Å². The number of hydrogen-bond acceptors (Lipinski definition) is 11. The third kappa shape index (κ3) is 7.97. The van der Waals surface area contributed by atoms with Gasteiger partial charge in [0.25, 0.3) is 0 Å². The first-order valence-electron chi connectivity index (χ1n) is 11.2. The van der Waals surface area contributed by atoms with Crippen molar-refractivity contribution >= 4 is 45.0 Å². The van der Waals surface area contributed by atoms with Crippen molar-refractivity contribution in [2.45, 2.75) is 0 Å². The Morgan fingerprint density at radius 2 is 0.825 bits per heavy atom. The number of pyridine rings is 1. The molecule has 0 saturated heterocycles. The normalized spacial score (nSPS) is 9.70. The second kappa shape index (κ2) is 14.4. The van der Waals surface area contributed by atoms with E-state index in [9.17, 15) is 19.8 Å². The molecule has 0 radical (unpaired) electrons. The Kier molecular flexibility index (Phi) is 10.4. The van der Waals surface area contributed by atoms with Gasteiger partial charge in [0, 0.05) is 0 Å². The molecule has 0 unspecified atom stereocenters. The Labute approximate surface area is 234 Å². The fourth-order valence-electron chi connectivity index (χ4n) is 3.03. The van der Waals surface area contributed by atoms with Crippen molar-refractivity contribution in [2.24, 2.45) is 0 Å². The molecule has 0 aliphatic rings. The molecule has 0 aliphatic heterocycles. The summed E-state index contributed by atoms with van der Waals surface area (Å²) in [4.78, 5) is 23.6. The van der Waals surface area contributed by atoms with Gasteiger partial charge in [0.1, 0.15) is 16.6 Å². The smallest absolute Gasteiger partial charge is 0.543 e. The maximum Gasteiger partial charge on any atom is 2.00 e. The number of carboxylic acid groups (broad SMARTS) is 2. The van der Waals surface area contributed by atoms with Gasteiger partial charge in [0.15, 0.2) is 0 Å². The predicted molar refractivity (Wildman–Crippen MR) is 135 cm³/mol. The van der Waals surface area contributed by atoms with Crippen molar-refractivity contribution in [3.05, 3.63) is 102 Å². The molecule has 0 amide bonds. The number of carbonyl (C=O) groups is 2. The topological polar surface area (TPSA) is 218 Å². The summed E-state index contributed by atoms with van der Waals surface area (Å²) in [6, 6.07) is 26.7. The second-order valence-corrected chi connectivity index (χ2v) is 7.47. The number of benzene rings is 3. The van der Waals surface area contributed by atoms with Crippen molar-refractivity contribution in [1.82, 2.24) is 51.2 Å². The zero-order valence-corrected chi connectivity index (χ0v) is 21.2. The number of carboxylic acids is 2. The summed E-state index contributed by atoms with van der Waals surface area (Å²) in [6.07, 6.45) is 0. The van der Waals surface area contributed by atoms with Crippen LogP contribution in [0.15, 0.2) is 91.0 Å². The number of carbonyl (C=O) groups excluding carboxylic acids is 2. The van der Waals surface area contributed by atoms with Crippen molar-refractivity contribution in [1.29, 1.82) is 0 Å². The number of hydrogen-bond donors (Lipinski definition) is 3. The number of nitrogens with zero attached hydrogens (tertiary/aromatic N) is 7. The Balaban J connectivity index is 0.000000147. The van der Waals surface area contributed by atoms with Gasteiger partial charge in [0.2, 0.25) is 0 Å². The number of H-pyrrole nitrogens is 3. The minimum Gasteiger partial charge on any atom is -0.543 e. The van der Waals surface area contributed by atoms with E-state index >= 15 is 0 Å². The van der Waals surface area contributed by atoms with Crippen LogP contribution in [0.1, 0.15) is 21.0 Å². The number of aromatic carboxylic acids is 2. The molecule has 7 aromatic rings. The van der Waals surface area contributed by atoms with Gasteiger partial charge in [-0.1, -0.05) is 58.1 Å². The molecule has 0 aliphatic carbocycles. The molecule has 3 N–H and O–H groups in total. The zero-order chi connectivity index (χ0) is 27.5. The molecule has 3 aromatic carbocycles. The van der Waals surface area contributed by atoms with Crippen molar-refractivity contribution in [2.75, 3.05) is 0 Å². The SMILES string of the molecule is O=C([O-])c1cccc(C(=O)[O-])n1.[Ni+2].c1ccc2[nH]nnc2c1.c1ccc2[nH]nnc2c1.c1ccc2[nH]nnc2c1. The average Bonchev–Trinajstić information content (AvgIpc) is 3.75. The number of rotatable bonds is 2. The Morgan fingerprint density at radius 3 is 1.12 bits per heavy atom. The monoisotopic (exact) mass is 580 g/mol. The van der Waals surface area contributed by atoms with Crippen LogP contribution in [0.2, 0.25) is 0 Å². The number of fused-ring (bicyclic) bond motifs is 3. The predicted octanol–water partition coefficient (Wildman–Crippen LogP) is 0.680. The molecule has 4 aromatic heterocycles. The quantitative estimate of drug-likeness (QED) is 0.241. The van der Waals surface area contributed by atoms with Crippen LogP contribution in [-0.4, -0.2) is 63.2 Å². The molecule has 0 saturated carbocycles. The van der Waals surface area contributed by atoms with E-state index in [1.54, 1.807) is 0 Å². The molecule has 0 atom stereocenters. The van der Waals surface area contributed by atoms with E-state index in [1.807, 2.05) is 72.8 Å². The minimum atomic E-state index is -1.52. The van der Waals surface area contributed by atoms with Gasteiger partial charge in [-0.15, -0.1) is 15.3 Å². The maximum absolute atomic E-state index is 10.2. The fourth-order valence-corrected chi connectivity index (χ4v) is 3.03. The van der Waals surface area contributed by atoms with Crippen LogP contribution in [0.4, 0.5) is 0 Å². The summed E-state index contributed by atoms with van der Waals surface area (Å²) in [5.74, 6) is -3.03. The summed E-state index contributed by atoms with van der Waals surface area (Å²) >= 11 is 0. The van der Waals surface area contributed by atoms with Crippen LogP contribution < -0.4 is 10.2 Å². The molecule has 40 heavy (non-hydrogen) atoms. The summed E-state index contributed by atoms with van der Waals surface area (Å²) < 4.78 is 0. The van der Waals surface area contributed by atoms with Crippen LogP contribution >= 0.6 is 0 Å². The van der Waals surface area contributed by atoms with Gasteiger partial charge >= 0.3 is 16.5 Å². The molecule has 4 heterocycles. The van der Waals surface area contributed by atoms with Crippen LogP contribution in [0.3, 0.4) is 0 Å². The number of para-hydroxylation sites is 3. The maximum atomic E-state index is 10.2. The Morgan fingerprint density at radius 1 is 0.500 bits per heavy atom. The van der Waals surface area contributed by atoms with E-state index in [-0.39, 0.29) is 16.5 Å². The number of nitrogens with one attached hydrogen (secondary N) is 3. The van der Waals surface area contributed by atoms with E-state index < -0.39 is 23.3 Å². The third-order valence-electron chi connectivity index (χ3n) is 4.86. The van der Waals surface area contributed by atoms with E-state index in [0.29, 0.717) is 0 Å². The van der Waals surface area contributed by atoms with Crippen molar-refractivity contribution in [3.8, 4) is 0 Å². The van der Waals surface area contributed by atoms with Crippen molar-refractivity contribution in [3.63, 3.8) is 0 Å². The molecular formula is C25H18N10NiO4. The molecular weight excluding hydrogens is 563 g/mol. The molecule has 202 valence electrons. The summed E-state index contributed by atoms with van der Waals surface area (Å²) in [5.41, 5.74) is 4.86. The third-order valence-corrected chi connectivity index (χ3v) is 4.86. The van der Waals surface area contributed by atoms with Gasteiger partial charge in [-0.2, -0.15) is 0 Å². The minimum absolute atomic E-state index is 0. The van der Waals surface area contributed by atoms with E-state index in [2.05, 4.69) is 51.2 Å². The van der Waals surface area contributed by atoms with E-state index in [4.69, 9.17) is 0 Å². The van der Waals surface area contributed by atoms with E-state index in [1.165, 1.54) is 6.07 Å². The molecule has 14 nitrogen and oxygen atoms in total.